The van der Waals surface area contributed by atoms with E-state index in [0.717, 1.165) is 26.2 Å². The Kier molecular flexibility index (Phi) is 4.80. The predicted molar refractivity (Wildman–Crippen MR) is 82.2 cm³/mol. The van der Waals surface area contributed by atoms with Gasteiger partial charge in [-0.15, -0.1) is 0 Å². The molecule has 1 heterocycles. The summed E-state index contributed by atoms with van der Waals surface area (Å²) in [5.41, 5.74) is 1.52. The third-order valence-corrected chi connectivity index (χ3v) is 4.11. The smallest absolute Gasteiger partial charge is 0.0638 e. The van der Waals surface area contributed by atoms with Crippen molar-refractivity contribution in [3.63, 3.8) is 0 Å². The number of benzene rings is 1. The van der Waals surface area contributed by atoms with Crippen molar-refractivity contribution in [2.45, 2.75) is 45.3 Å². The lowest BCUT2D eigenvalue weighted by Crippen LogP contribution is -2.57. The summed E-state index contributed by atoms with van der Waals surface area (Å²) in [6, 6.07) is 13.2. The molecule has 108 valence electrons. The van der Waals surface area contributed by atoms with Crippen LogP contribution in [-0.4, -0.2) is 41.0 Å². The van der Waals surface area contributed by atoms with E-state index in [9.17, 15) is 0 Å². The first-order valence-corrected chi connectivity index (χ1v) is 7.40. The van der Waals surface area contributed by atoms with E-state index < -0.39 is 0 Å². The van der Waals surface area contributed by atoms with Crippen molar-refractivity contribution in [3.8, 4) is 6.07 Å². The molecule has 1 aromatic carbocycles. The highest BCUT2D eigenvalue weighted by Crippen LogP contribution is 2.22. The van der Waals surface area contributed by atoms with Crippen molar-refractivity contribution in [2.24, 2.45) is 0 Å². The normalized spacial score (nSPS) is 21.6. The summed E-state index contributed by atoms with van der Waals surface area (Å²) in [7, 11) is 0. The molecule has 1 aromatic rings. The van der Waals surface area contributed by atoms with Crippen LogP contribution in [0.5, 0.6) is 0 Å². The van der Waals surface area contributed by atoms with Crippen LogP contribution in [-0.2, 0) is 6.54 Å². The molecule has 1 saturated heterocycles. The van der Waals surface area contributed by atoms with Gasteiger partial charge in [-0.05, 0) is 26.3 Å². The fourth-order valence-corrected chi connectivity index (χ4v) is 2.83. The molecule has 0 radical (unpaired) electrons. The van der Waals surface area contributed by atoms with E-state index in [1.807, 2.05) is 6.07 Å². The van der Waals surface area contributed by atoms with Crippen LogP contribution in [0.2, 0.25) is 0 Å². The Labute approximate surface area is 122 Å². The van der Waals surface area contributed by atoms with Crippen LogP contribution in [0.3, 0.4) is 0 Å². The molecular weight excluding hydrogens is 246 g/mol. The predicted octanol–water partition coefficient (Wildman–Crippen LogP) is 2.88. The van der Waals surface area contributed by atoms with Crippen LogP contribution in [0.1, 0.15) is 32.8 Å². The minimum atomic E-state index is 0.187. The maximum Gasteiger partial charge on any atom is 0.0638 e. The van der Waals surface area contributed by atoms with Gasteiger partial charge < -0.3 is 0 Å². The van der Waals surface area contributed by atoms with Crippen molar-refractivity contribution in [1.82, 2.24) is 9.80 Å². The first kappa shape index (κ1) is 15.0. The van der Waals surface area contributed by atoms with Crippen molar-refractivity contribution >= 4 is 0 Å². The maximum atomic E-state index is 9.10. The molecular formula is C17H25N3. The molecule has 20 heavy (non-hydrogen) atoms. The minimum absolute atomic E-state index is 0.187. The van der Waals surface area contributed by atoms with Gasteiger partial charge in [-0.25, -0.2) is 0 Å². The monoisotopic (exact) mass is 271 g/mol. The average molecular weight is 271 g/mol. The highest BCUT2D eigenvalue weighted by Gasteiger charge is 2.32. The molecule has 0 aromatic heterocycles. The summed E-state index contributed by atoms with van der Waals surface area (Å²) in [6.07, 6.45) is 0.611. The van der Waals surface area contributed by atoms with Crippen molar-refractivity contribution < 1.29 is 0 Å². The van der Waals surface area contributed by atoms with E-state index in [1.165, 1.54) is 5.56 Å². The topological polar surface area (TPSA) is 30.3 Å². The second-order valence-corrected chi connectivity index (χ2v) is 6.59. The van der Waals surface area contributed by atoms with Crippen LogP contribution in [0, 0.1) is 11.3 Å². The molecule has 1 aliphatic heterocycles. The zero-order valence-corrected chi connectivity index (χ0v) is 12.8. The van der Waals surface area contributed by atoms with E-state index in [-0.39, 0.29) is 5.54 Å². The van der Waals surface area contributed by atoms with Gasteiger partial charge in [0.25, 0.3) is 0 Å². The van der Waals surface area contributed by atoms with E-state index in [2.05, 4.69) is 60.9 Å². The highest BCUT2D eigenvalue weighted by atomic mass is 15.3. The van der Waals surface area contributed by atoms with Crippen molar-refractivity contribution in [1.29, 1.82) is 5.26 Å². The Morgan fingerprint density at radius 3 is 2.50 bits per heavy atom. The van der Waals surface area contributed by atoms with Crippen LogP contribution in [0.15, 0.2) is 30.3 Å². The van der Waals surface area contributed by atoms with Gasteiger partial charge in [0, 0.05) is 37.8 Å². The minimum Gasteiger partial charge on any atom is -0.296 e. The van der Waals surface area contributed by atoms with E-state index in [4.69, 9.17) is 5.26 Å². The molecule has 0 spiro atoms. The van der Waals surface area contributed by atoms with Crippen LogP contribution >= 0.6 is 0 Å². The molecule has 1 unspecified atom stereocenters. The van der Waals surface area contributed by atoms with Crippen LogP contribution in [0.25, 0.3) is 0 Å². The van der Waals surface area contributed by atoms with Gasteiger partial charge >= 0.3 is 0 Å². The summed E-state index contributed by atoms with van der Waals surface area (Å²) in [4.78, 5) is 4.96. The third kappa shape index (κ3) is 3.82. The molecule has 1 aliphatic rings. The number of hydrogen-bond acceptors (Lipinski definition) is 3. The Morgan fingerprint density at radius 1 is 1.20 bits per heavy atom. The summed E-state index contributed by atoms with van der Waals surface area (Å²) < 4.78 is 0. The lowest BCUT2D eigenvalue weighted by molar-refractivity contribution is 0.0196. The number of nitriles is 1. The quantitative estimate of drug-likeness (QED) is 0.847. The van der Waals surface area contributed by atoms with Gasteiger partial charge in [-0.1, -0.05) is 30.3 Å². The van der Waals surface area contributed by atoms with Crippen molar-refractivity contribution in [3.05, 3.63) is 35.9 Å². The van der Waals surface area contributed by atoms with Gasteiger partial charge in [0.1, 0.15) is 0 Å². The number of hydrogen-bond donors (Lipinski definition) is 0. The lowest BCUT2D eigenvalue weighted by Gasteiger charge is -2.46. The van der Waals surface area contributed by atoms with Gasteiger partial charge in [-0.2, -0.15) is 5.26 Å². The first-order valence-electron chi connectivity index (χ1n) is 7.40. The lowest BCUT2D eigenvalue weighted by atomic mass is 10.00. The molecule has 0 amide bonds. The standard InChI is InChI=1S/C17H25N3/c1-17(2,3)20-12-11-19(16(14-20)9-10-18)13-15-7-5-4-6-8-15/h4-8,16H,9,11-14H2,1-3H3. The number of rotatable bonds is 3. The molecule has 0 saturated carbocycles. The largest absolute Gasteiger partial charge is 0.296 e. The molecule has 1 atom stereocenters. The van der Waals surface area contributed by atoms with Crippen molar-refractivity contribution in [2.75, 3.05) is 19.6 Å². The second kappa shape index (κ2) is 6.39. The van der Waals surface area contributed by atoms with Gasteiger partial charge in [0.15, 0.2) is 0 Å². The summed E-state index contributed by atoms with van der Waals surface area (Å²) in [6.45, 7) is 10.8. The maximum absolute atomic E-state index is 9.10. The number of piperazine rings is 1. The third-order valence-electron chi connectivity index (χ3n) is 4.11. The first-order chi connectivity index (χ1) is 9.50. The highest BCUT2D eigenvalue weighted by molar-refractivity contribution is 5.15. The molecule has 2 rings (SSSR count). The Hall–Kier alpha value is -1.37. The summed E-state index contributed by atoms with van der Waals surface area (Å²) >= 11 is 0. The SMILES string of the molecule is CC(C)(C)N1CCN(Cc2ccccc2)C(CC#N)C1. The van der Waals surface area contributed by atoms with E-state index in [0.29, 0.717) is 12.5 Å². The van der Waals surface area contributed by atoms with Crippen LogP contribution in [0.4, 0.5) is 0 Å². The Morgan fingerprint density at radius 2 is 1.90 bits per heavy atom. The van der Waals surface area contributed by atoms with E-state index >= 15 is 0 Å². The average Bonchev–Trinajstić information content (AvgIpc) is 2.41. The molecule has 0 bridgehead atoms. The second-order valence-electron chi connectivity index (χ2n) is 6.59. The Balaban J connectivity index is 2.04. The fraction of sp³-hybridized carbons (Fsp3) is 0.588. The molecule has 0 aliphatic carbocycles. The zero-order chi connectivity index (χ0) is 14.6. The molecule has 0 N–H and O–H groups in total. The van der Waals surface area contributed by atoms with E-state index in [1.54, 1.807) is 0 Å². The van der Waals surface area contributed by atoms with Gasteiger partial charge in [0.2, 0.25) is 0 Å². The zero-order valence-electron chi connectivity index (χ0n) is 12.8. The molecule has 1 fully saturated rings. The van der Waals surface area contributed by atoms with Gasteiger partial charge in [-0.3, -0.25) is 9.80 Å². The summed E-state index contributed by atoms with van der Waals surface area (Å²) in [5, 5.41) is 9.10. The summed E-state index contributed by atoms with van der Waals surface area (Å²) in [5.74, 6) is 0. The Bertz CT molecular complexity index is 455. The molecule has 3 heteroatoms. The molecule has 3 nitrogen and oxygen atoms in total. The van der Waals surface area contributed by atoms with Crippen LogP contribution < -0.4 is 0 Å². The number of nitrogens with zero attached hydrogens (tertiary/aromatic N) is 3. The van der Waals surface area contributed by atoms with Gasteiger partial charge in [0.05, 0.1) is 12.5 Å². The fourth-order valence-electron chi connectivity index (χ4n) is 2.83.